The van der Waals surface area contributed by atoms with Crippen LogP contribution in [-0.4, -0.2) is 12.5 Å². The number of nitrogens with two attached hydrogens (primary N) is 1. The highest BCUT2D eigenvalue weighted by molar-refractivity contribution is 5.87. The molecular formula is C17H26N2O. The lowest BCUT2D eigenvalue weighted by Gasteiger charge is -2.26. The quantitative estimate of drug-likeness (QED) is 0.838. The minimum absolute atomic E-state index is 0.0845. The van der Waals surface area contributed by atoms with E-state index in [1.807, 2.05) is 30.3 Å². The largest absolute Gasteiger partial charge is 0.354 e. The molecule has 2 rings (SSSR count). The Bertz CT molecular complexity index is 461. The molecule has 1 atom stereocenters. The summed E-state index contributed by atoms with van der Waals surface area (Å²) in [4.78, 5) is 12.4. The molecule has 1 aromatic rings. The Kier molecular flexibility index (Phi) is 4.19. The second kappa shape index (κ2) is 5.57. The standard InChI is InChI=1S/C17H26N2O/c1-13(2)11-17(9-10-17)12-19-15(20)16(3,18)14-7-5-4-6-8-14/h4-8,13H,9-12,18H2,1-3H3,(H,19,20). The molecule has 0 saturated heterocycles. The van der Waals surface area contributed by atoms with Crippen LogP contribution in [0.5, 0.6) is 0 Å². The van der Waals surface area contributed by atoms with Gasteiger partial charge in [-0.1, -0.05) is 44.2 Å². The van der Waals surface area contributed by atoms with Crippen LogP contribution < -0.4 is 11.1 Å². The van der Waals surface area contributed by atoms with E-state index < -0.39 is 5.54 Å². The first-order valence-corrected chi connectivity index (χ1v) is 7.48. The monoisotopic (exact) mass is 274 g/mol. The summed E-state index contributed by atoms with van der Waals surface area (Å²) in [6.07, 6.45) is 3.62. The van der Waals surface area contributed by atoms with Crippen molar-refractivity contribution in [2.24, 2.45) is 17.1 Å². The lowest BCUT2D eigenvalue weighted by atomic mass is 9.91. The maximum atomic E-state index is 12.4. The smallest absolute Gasteiger partial charge is 0.244 e. The van der Waals surface area contributed by atoms with Gasteiger partial charge in [0.25, 0.3) is 0 Å². The first-order chi connectivity index (χ1) is 9.36. The van der Waals surface area contributed by atoms with Gasteiger partial charge in [-0.3, -0.25) is 4.79 Å². The van der Waals surface area contributed by atoms with Gasteiger partial charge in [0.1, 0.15) is 5.54 Å². The molecule has 1 aliphatic carbocycles. The molecule has 1 amide bonds. The van der Waals surface area contributed by atoms with E-state index in [-0.39, 0.29) is 5.91 Å². The van der Waals surface area contributed by atoms with Crippen LogP contribution >= 0.6 is 0 Å². The molecule has 0 aromatic heterocycles. The number of benzene rings is 1. The van der Waals surface area contributed by atoms with Crippen molar-refractivity contribution in [3.8, 4) is 0 Å². The summed E-state index contributed by atoms with van der Waals surface area (Å²) in [5, 5.41) is 3.07. The molecule has 1 fully saturated rings. The third-order valence-electron chi connectivity index (χ3n) is 4.27. The molecule has 1 aliphatic rings. The van der Waals surface area contributed by atoms with Gasteiger partial charge in [-0.25, -0.2) is 0 Å². The fourth-order valence-corrected chi connectivity index (χ4v) is 2.86. The summed E-state index contributed by atoms with van der Waals surface area (Å²) >= 11 is 0. The molecule has 0 heterocycles. The summed E-state index contributed by atoms with van der Waals surface area (Å²) < 4.78 is 0. The summed E-state index contributed by atoms with van der Waals surface area (Å²) in [6, 6.07) is 9.56. The van der Waals surface area contributed by atoms with Gasteiger partial charge in [0, 0.05) is 6.54 Å². The van der Waals surface area contributed by atoms with Crippen molar-refractivity contribution in [2.45, 2.75) is 45.6 Å². The average Bonchev–Trinajstić information content (AvgIpc) is 3.16. The van der Waals surface area contributed by atoms with Crippen LogP contribution in [0, 0.1) is 11.3 Å². The predicted molar refractivity (Wildman–Crippen MR) is 82.1 cm³/mol. The summed E-state index contributed by atoms with van der Waals surface area (Å²) in [5.41, 5.74) is 6.44. The van der Waals surface area contributed by atoms with Gasteiger partial charge in [-0.2, -0.15) is 0 Å². The summed E-state index contributed by atoms with van der Waals surface area (Å²) in [6.45, 7) is 7.00. The number of hydrogen-bond donors (Lipinski definition) is 2. The first-order valence-electron chi connectivity index (χ1n) is 7.48. The van der Waals surface area contributed by atoms with Crippen LogP contribution in [0.2, 0.25) is 0 Å². The number of carbonyl (C=O) groups is 1. The third kappa shape index (κ3) is 3.40. The average molecular weight is 274 g/mol. The Morgan fingerprint density at radius 3 is 2.45 bits per heavy atom. The molecule has 20 heavy (non-hydrogen) atoms. The number of hydrogen-bond acceptors (Lipinski definition) is 2. The van der Waals surface area contributed by atoms with E-state index in [0.29, 0.717) is 11.3 Å². The van der Waals surface area contributed by atoms with Crippen LogP contribution in [0.4, 0.5) is 0 Å². The highest BCUT2D eigenvalue weighted by Gasteiger charge is 2.43. The van der Waals surface area contributed by atoms with E-state index in [1.54, 1.807) is 6.92 Å². The van der Waals surface area contributed by atoms with Crippen molar-refractivity contribution in [2.75, 3.05) is 6.54 Å². The van der Waals surface area contributed by atoms with E-state index in [2.05, 4.69) is 19.2 Å². The minimum atomic E-state index is -0.963. The maximum Gasteiger partial charge on any atom is 0.244 e. The van der Waals surface area contributed by atoms with Crippen LogP contribution in [-0.2, 0) is 10.3 Å². The number of carbonyl (C=O) groups excluding carboxylic acids is 1. The van der Waals surface area contributed by atoms with Gasteiger partial charge in [0.15, 0.2) is 0 Å². The first kappa shape index (κ1) is 15.0. The van der Waals surface area contributed by atoms with Crippen molar-refractivity contribution in [1.29, 1.82) is 0 Å². The number of amides is 1. The summed E-state index contributed by atoms with van der Waals surface area (Å²) in [5.74, 6) is 0.589. The van der Waals surface area contributed by atoms with Crippen molar-refractivity contribution in [1.82, 2.24) is 5.32 Å². The van der Waals surface area contributed by atoms with Crippen molar-refractivity contribution < 1.29 is 4.79 Å². The number of nitrogens with one attached hydrogen (secondary N) is 1. The lowest BCUT2D eigenvalue weighted by molar-refractivity contribution is -0.126. The fourth-order valence-electron chi connectivity index (χ4n) is 2.86. The Labute approximate surface area is 121 Å². The molecule has 1 unspecified atom stereocenters. The van der Waals surface area contributed by atoms with Crippen LogP contribution in [0.1, 0.15) is 45.6 Å². The fraction of sp³-hybridized carbons (Fsp3) is 0.588. The van der Waals surface area contributed by atoms with Crippen molar-refractivity contribution >= 4 is 5.91 Å². The lowest BCUT2D eigenvalue weighted by Crippen LogP contribution is -2.50. The van der Waals surface area contributed by atoms with Crippen LogP contribution in [0.15, 0.2) is 30.3 Å². The zero-order chi connectivity index (χ0) is 14.8. The molecular weight excluding hydrogens is 248 g/mol. The molecule has 3 heteroatoms. The van der Waals surface area contributed by atoms with Gasteiger partial charge < -0.3 is 11.1 Å². The van der Waals surface area contributed by atoms with Crippen molar-refractivity contribution in [3.05, 3.63) is 35.9 Å². The highest BCUT2D eigenvalue weighted by Crippen LogP contribution is 2.50. The van der Waals surface area contributed by atoms with Crippen LogP contribution in [0.3, 0.4) is 0 Å². The third-order valence-corrected chi connectivity index (χ3v) is 4.27. The van der Waals surface area contributed by atoms with E-state index in [9.17, 15) is 4.79 Å². The molecule has 1 aromatic carbocycles. The molecule has 3 N–H and O–H groups in total. The number of rotatable bonds is 6. The SMILES string of the molecule is CC(C)CC1(CNC(=O)C(C)(N)c2ccccc2)CC1. The molecule has 0 radical (unpaired) electrons. The molecule has 1 saturated carbocycles. The highest BCUT2D eigenvalue weighted by atomic mass is 16.2. The molecule has 0 spiro atoms. The normalized spacial score (nSPS) is 19.4. The Balaban J connectivity index is 1.95. The van der Waals surface area contributed by atoms with E-state index in [0.717, 1.165) is 12.1 Å². The van der Waals surface area contributed by atoms with Gasteiger partial charge in [-0.05, 0) is 43.1 Å². The Hall–Kier alpha value is -1.35. The second-order valence-electron chi connectivity index (χ2n) is 6.85. The van der Waals surface area contributed by atoms with Gasteiger partial charge in [0.2, 0.25) is 5.91 Å². The van der Waals surface area contributed by atoms with Gasteiger partial charge >= 0.3 is 0 Å². The Morgan fingerprint density at radius 1 is 1.35 bits per heavy atom. The zero-order valence-electron chi connectivity index (χ0n) is 12.8. The second-order valence-corrected chi connectivity index (χ2v) is 6.85. The topological polar surface area (TPSA) is 55.1 Å². The van der Waals surface area contributed by atoms with Gasteiger partial charge in [-0.15, -0.1) is 0 Å². The molecule has 110 valence electrons. The van der Waals surface area contributed by atoms with Gasteiger partial charge in [0.05, 0.1) is 0 Å². The van der Waals surface area contributed by atoms with Crippen LogP contribution in [0.25, 0.3) is 0 Å². The molecule has 3 nitrogen and oxygen atoms in total. The minimum Gasteiger partial charge on any atom is -0.354 e. The van der Waals surface area contributed by atoms with Crippen molar-refractivity contribution in [3.63, 3.8) is 0 Å². The summed E-state index contributed by atoms with van der Waals surface area (Å²) in [7, 11) is 0. The predicted octanol–water partition coefficient (Wildman–Crippen LogP) is 2.80. The zero-order valence-corrected chi connectivity index (χ0v) is 12.8. The maximum absolute atomic E-state index is 12.4. The van der Waals surface area contributed by atoms with E-state index >= 15 is 0 Å². The van der Waals surface area contributed by atoms with E-state index in [1.165, 1.54) is 19.3 Å². The Morgan fingerprint density at radius 2 is 1.95 bits per heavy atom. The molecule has 0 aliphatic heterocycles. The van der Waals surface area contributed by atoms with E-state index in [4.69, 9.17) is 5.73 Å². The molecule has 0 bridgehead atoms.